The van der Waals surface area contributed by atoms with Crippen LogP contribution in [0.5, 0.6) is 0 Å². The largest absolute Gasteiger partial charge is 0.469 e. The Morgan fingerprint density at radius 1 is 1.39 bits per heavy atom. The molecule has 0 bridgehead atoms. The lowest BCUT2D eigenvalue weighted by Crippen LogP contribution is -2.31. The van der Waals surface area contributed by atoms with Crippen LogP contribution in [0.4, 0.5) is 0 Å². The van der Waals surface area contributed by atoms with Gasteiger partial charge in [0.25, 0.3) is 5.91 Å². The molecule has 1 amide bonds. The fourth-order valence-electron chi connectivity index (χ4n) is 3.60. The van der Waals surface area contributed by atoms with E-state index in [0.717, 1.165) is 0 Å². The number of ether oxygens (including phenoxy) is 1. The van der Waals surface area contributed by atoms with Crippen molar-refractivity contribution in [3.63, 3.8) is 0 Å². The highest BCUT2D eigenvalue weighted by Gasteiger charge is 2.46. The van der Waals surface area contributed by atoms with Crippen molar-refractivity contribution in [3.05, 3.63) is 35.4 Å². The SMILES string of the molecule is Cc1noc(C[C@@H]2CO[C@H]3CN(C(=O)c4ccoc4C)C[C@@H]23)n1. The van der Waals surface area contributed by atoms with Gasteiger partial charge in [0, 0.05) is 25.4 Å². The average molecular weight is 317 g/mol. The van der Waals surface area contributed by atoms with Gasteiger partial charge in [0.1, 0.15) is 5.76 Å². The molecule has 0 N–H and O–H groups in total. The predicted octanol–water partition coefficient (Wildman–Crippen LogP) is 1.61. The van der Waals surface area contributed by atoms with Crippen LogP contribution in [0.1, 0.15) is 27.8 Å². The van der Waals surface area contributed by atoms with Crippen molar-refractivity contribution in [1.29, 1.82) is 0 Å². The van der Waals surface area contributed by atoms with Gasteiger partial charge < -0.3 is 18.6 Å². The van der Waals surface area contributed by atoms with Crippen LogP contribution in [0.3, 0.4) is 0 Å². The molecule has 2 fully saturated rings. The number of carbonyl (C=O) groups is 1. The van der Waals surface area contributed by atoms with Crippen molar-refractivity contribution >= 4 is 5.91 Å². The van der Waals surface area contributed by atoms with Crippen LogP contribution >= 0.6 is 0 Å². The van der Waals surface area contributed by atoms with Crippen molar-refractivity contribution in [2.24, 2.45) is 11.8 Å². The molecule has 2 aliphatic heterocycles. The number of hydrogen-bond donors (Lipinski definition) is 0. The Morgan fingerprint density at radius 3 is 2.96 bits per heavy atom. The number of nitrogens with zero attached hydrogens (tertiary/aromatic N) is 3. The number of likely N-dealkylation sites (tertiary alicyclic amines) is 1. The summed E-state index contributed by atoms with van der Waals surface area (Å²) >= 11 is 0. The van der Waals surface area contributed by atoms with Crippen LogP contribution in [-0.4, -0.2) is 46.7 Å². The lowest BCUT2D eigenvalue weighted by Gasteiger charge is -2.18. The standard InChI is InChI=1S/C16H19N3O4/c1-9-12(3-4-21-9)16(20)19-6-13-11(8-22-14(13)7-19)5-15-17-10(2)18-23-15/h3-4,11,13-14H,5-8H2,1-2H3/t11-,13+,14+/m1/s1. The average Bonchev–Trinajstić information content (AvgIpc) is 3.25. The molecule has 3 atom stereocenters. The van der Waals surface area contributed by atoms with E-state index in [9.17, 15) is 4.79 Å². The molecule has 0 unspecified atom stereocenters. The number of rotatable bonds is 3. The second-order valence-corrected chi connectivity index (χ2v) is 6.34. The topological polar surface area (TPSA) is 81.6 Å². The molecule has 2 aliphatic rings. The minimum absolute atomic E-state index is 0.0154. The number of hydrogen-bond acceptors (Lipinski definition) is 6. The zero-order valence-electron chi connectivity index (χ0n) is 13.2. The van der Waals surface area contributed by atoms with Gasteiger partial charge in [-0.25, -0.2) is 0 Å². The zero-order chi connectivity index (χ0) is 16.0. The summed E-state index contributed by atoms with van der Waals surface area (Å²) in [6.45, 7) is 5.63. The Hall–Kier alpha value is -2.15. The predicted molar refractivity (Wildman–Crippen MR) is 78.8 cm³/mol. The summed E-state index contributed by atoms with van der Waals surface area (Å²) in [6, 6.07) is 1.73. The number of furan rings is 1. The summed E-state index contributed by atoms with van der Waals surface area (Å²) in [7, 11) is 0. The van der Waals surface area contributed by atoms with Crippen molar-refractivity contribution in [2.75, 3.05) is 19.7 Å². The van der Waals surface area contributed by atoms with Crippen LogP contribution in [0.25, 0.3) is 0 Å². The van der Waals surface area contributed by atoms with Crippen LogP contribution < -0.4 is 0 Å². The lowest BCUT2D eigenvalue weighted by atomic mass is 9.90. The van der Waals surface area contributed by atoms with E-state index in [1.165, 1.54) is 0 Å². The normalized spacial score (nSPS) is 26.7. The van der Waals surface area contributed by atoms with E-state index in [-0.39, 0.29) is 12.0 Å². The molecular weight excluding hydrogens is 298 g/mol. The van der Waals surface area contributed by atoms with Gasteiger partial charge >= 0.3 is 0 Å². The third kappa shape index (κ3) is 2.55. The first-order valence-electron chi connectivity index (χ1n) is 7.86. The summed E-state index contributed by atoms with van der Waals surface area (Å²) in [4.78, 5) is 18.7. The van der Waals surface area contributed by atoms with Crippen LogP contribution in [0.2, 0.25) is 0 Å². The smallest absolute Gasteiger partial charge is 0.257 e. The fourth-order valence-corrected chi connectivity index (χ4v) is 3.60. The number of amides is 1. The van der Waals surface area contributed by atoms with E-state index < -0.39 is 0 Å². The summed E-state index contributed by atoms with van der Waals surface area (Å²) in [5, 5.41) is 3.83. The lowest BCUT2D eigenvalue weighted by molar-refractivity contribution is 0.0674. The summed E-state index contributed by atoms with van der Waals surface area (Å²) in [6.07, 6.45) is 2.35. The summed E-state index contributed by atoms with van der Waals surface area (Å²) < 4.78 is 16.3. The third-order valence-electron chi connectivity index (χ3n) is 4.82. The van der Waals surface area contributed by atoms with E-state index in [0.29, 0.717) is 61.0 Å². The first-order valence-corrected chi connectivity index (χ1v) is 7.86. The first-order chi connectivity index (χ1) is 11.1. The monoisotopic (exact) mass is 317 g/mol. The molecular formula is C16H19N3O4. The van der Waals surface area contributed by atoms with E-state index >= 15 is 0 Å². The molecule has 122 valence electrons. The highest BCUT2D eigenvalue weighted by Crippen LogP contribution is 2.36. The number of fused-ring (bicyclic) bond motifs is 1. The molecule has 2 aromatic heterocycles. The molecule has 0 aliphatic carbocycles. The molecule has 2 aromatic rings. The second-order valence-electron chi connectivity index (χ2n) is 6.34. The van der Waals surface area contributed by atoms with E-state index in [4.69, 9.17) is 13.7 Å². The summed E-state index contributed by atoms with van der Waals surface area (Å²) in [5.74, 6) is 2.59. The second kappa shape index (κ2) is 5.49. The van der Waals surface area contributed by atoms with Gasteiger partial charge in [-0.1, -0.05) is 5.16 Å². The quantitative estimate of drug-likeness (QED) is 0.855. The van der Waals surface area contributed by atoms with E-state index in [1.807, 2.05) is 11.8 Å². The molecule has 0 saturated carbocycles. The maximum Gasteiger partial charge on any atom is 0.257 e. The van der Waals surface area contributed by atoms with Gasteiger partial charge in [0.2, 0.25) is 5.89 Å². The minimum atomic E-state index is 0.0154. The molecule has 2 saturated heterocycles. The van der Waals surface area contributed by atoms with E-state index in [2.05, 4.69) is 10.1 Å². The van der Waals surface area contributed by atoms with Crippen molar-refractivity contribution in [3.8, 4) is 0 Å². The molecule has 0 aromatic carbocycles. The van der Waals surface area contributed by atoms with E-state index in [1.54, 1.807) is 19.3 Å². The highest BCUT2D eigenvalue weighted by atomic mass is 16.5. The third-order valence-corrected chi connectivity index (χ3v) is 4.82. The Morgan fingerprint density at radius 2 is 2.26 bits per heavy atom. The Balaban J connectivity index is 1.45. The minimum Gasteiger partial charge on any atom is -0.469 e. The highest BCUT2D eigenvalue weighted by molar-refractivity contribution is 5.95. The number of aryl methyl sites for hydroxylation is 2. The van der Waals surface area contributed by atoms with Crippen LogP contribution in [0.15, 0.2) is 21.3 Å². The Labute approximate surface area is 133 Å². The molecule has 0 radical (unpaired) electrons. The van der Waals surface area contributed by atoms with Gasteiger partial charge in [-0.05, 0) is 25.8 Å². The number of carbonyl (C=O) groups excluding carboxylic acids is 1. The molecule has 7 heteroatoms. The molecule has 4 heterocycles. The van der Waals surface area contributed by atoms with Crippen molar-refractivity contribution in [1.82, 2.24) is 15.0 Å². The molecule has 7 nitrogen and oxygen atoms in total. The molecule has 23 heavy (non-hydrogen) atoms. The molecule has 4 rings (SSSR count). The maximum atomic E-state index is 12.6. The van der Waals surface area contributed by atoms with Crippen LogP contribution in [-0.2, 0) is 11.2 Å². The maximum absolute atomic E-state index is 12.6. The van der Waals surface area contributed by atoms with Gasteiger partial charge in [0.15, 0.2) is 5.82 Å². The van der Waals surface area contributed by atoms with Crippen molar-refractivity contribution < 1.29 is 18.5 Å². The number of aromatic nitrogens is 2. The fraction of sp³-hybridized carbons (Fsp3) is 0.562. The van der Waals surface area contributed by atoms with Gasteiger partial charge in [-0.2, -0.15) is 4.98 Å². The van der Waals surface area contributed by atoms with Crippen molar-refractivity contribution in [2.45, 2.75) is 26.4 Å². The first kappa shape index (κ1) is 14.4. The Kier molecular flexibility index (Phi) is 3.45. The van der Waals surface area contributed by atoms with Gasteiger partial charge in [-0.3, -0.25) is 4.79 Å². The van der Waals surface area contributed by atoms with Gasteiger partial charge in [-0.15, -0.1) is 0 Å². The summed E-state index contributed by atoms with van der Waals surface area (Å²) in [5.41, 5.74) is 0.633. The Bertz CT molecular complexity index is 722. The molecule has 0 spiro atoms. The van der Waals surface area contributed by atoms with Gasteiger partial charge in [0.05, 0.1) is 24.5 Å². The van der Waals surface area contributed by atoms with Crippen LogP contribution in [0, 0.1) is 25.7 Å². The zero-order valence-corrected chi connectivity index (χ0v) is 13.2.